The first-order valence-electron chi connectivity index (χ1n) is 7.69. The molecule has 6 heteroatoms. The molecule has 0 radical (unpaired) electrons. The molecule has 0 aliphatic carbocycles. The summed E-state index contributed by atoms with van der Waals surface area (Å²) in [6.45, 7) is 1.70. The van der Waals surface area contributed by atoms with E-state index < -0.39 is 11.3 Å². The molecule has 0 unspecified atom stereocenters. The molecule has 126 valence electrons. The molecular formula is C19H17N3O3. The Bertz CT molecular complexity index is 1040. The van der Waals surface area contributed by atoms with Crippen molar-refractivity contribution in [3.63, 3.8) is 0 Å². The summed E-state index contributed by atoms with van der Waals surface area (Å²) < 4.78 is 1.36. The number of aryl methyl sites for hydroxylation is 1. The average Bonchev–Trinajstić information content (AvgIpc) is 2.60. The number of nitrogens with one attached hydrogen (secondary N) is 1. The molecule has 0 atom stereocenters. The van der Waals surface area contributed by atoms with Crippen LogP contribution in [0.5, 0.6) is 5.75 Å². The third-order valence-electron chi connectivity index (χ3n) is 3.87. The van der Waals surface area contributed by atoms with Crippen LogP contribution >= 0.6 is 0 Å². The second-order valence-corrected chi connectivity index (χ2v) is 5.66. The summed E-state index contributed by atoms with van der Waals surface area (Å²) in [5, 5.41) is 13.9. The Balaban J connectivity index is 2.03. The standard InChI is InChI=1S/C19H17N3O3/c1-12(21-13-6-5-9-20-11-13)10-16(23)17-18(24)14-7-3-4-8-15(14)22(2)19(17)25/h3-11,21,24H,1-2H3. The lowest BCUT2D eigenvalue weighted by Gasteiger charge is -2.10. The largest absolute Gasteiger partial charge is 0.506 e. The van der Waals surface area contributed by atoms with E-state index in [1.165, 1.54) is 10.6 Å². The third-order valence-corrected chi connectivity index (χ3v) is 3.87. The first-order chi connectivity index (χ1) is 12.0. The highest BCUT2D eigenvalue weighted by Crippen LogP contribution is 2.26. The van der Waals surface area contributed by atoms with Gasteiger partial charge in [0.2, 0.25) is 0 Å². The summed E-state index contributed by atoms with van der Waals surface area (Å²) >= 11 is 0. The van der Waals surface area contributed by atoms with Crippen molar-refractivity contribution in [3.8, 4) is 5.75 Å². The van der Waals surface area contributed by atoms with Gasteiger partial charge in [0.15, 0.2) is 5.78 Å². The van der Waals surface area contributed by atoms with Gasteiger partial charge in [0, 0.05) is 30.4 Å². The lowest BCUT2D eigenvalue weighted by molar-refractivity contribution is 0.104. The molecule has 2 aromatic heterocycles. The molecular weight excluding hydrogens is 318 g/mol. The number of para-hydroxylation sites is 1. The summed E-state index contributed by atoms with van der Waals surface area (Å²) in [4.78, 5) is 29.1. The normalized spacial score (nSPS) is 11.5. The van der Waals surface area contributed by atoms with Crippen molar-refractivity contribution in [2.75, 3.05) is 5.32 Å². The van der Waals surface area contributed by atoms with Crippen molar-refractivity contribution in [1.82, 2.24) is 9.55 Å². The predicted octanol–water partition coefficient (Wildman–Crippen LogP) is 2.84. The summed E-state index contributed by atoms with van der Waals surface area (Å²) in [5.41, 5.74) is 1.04. The monoisotopic (exact) mass is 335 g/mol. The van der Waals surface area contributed by atoms with E-state index in [2.05, 4.69) is 10.3 Å². The van der Waals surface area contributed by atoms with Crippen molar-refractivity contribution in [2.45, 2.75) is 6.92 Å². The second kappa shape index (κ2) is 6.60. The Morgan fingerprint density at radius 1 is 1.24 bits per heavy atom. The number of hydrogen-bond acceptors (Lipinski definition) is 5. The number of benzene rings is 1. The molecule has 0 amide bonds. The van der Waals surface area contributed by atoms with Crippen LogP contribution < -0.4 is 10.9 Å². The highest BCUT2D eigenvalue weighted by Gasteiger charge is 2.19. The lowest BCUT2D eigenvalue weighted by Crippen LogP contribution is -2.24. The van der Waals surface area contributed by atoms with Crippen molar-refractivity contribution < 1.29 is 9.90 Å². The number of ketones is 1. The summed E-state index contributed by atoms with van der Waals surface area (Å²) in [5.74, 6) is -0.855. The van der Waals surface area contributed by atoms with E-state index in [1.54, 1.807) is 62.8 Å². The predicted molar refractivity (Wildman–Crippen MR) is 96.8 cm³/mol. The Kier molecular flexibility index (Phi) is 4.35. The molecule has 0 fully saturated rings. The van der Waals surface area contributed by atoms with Crippen LogP contribution in [0.2, 0.25) is 0 Å². The molecule has 0 bridgehead atoms. The van der Waals surface area contributed by atoms with Crippen molar-refractivity contribution in [3.05, 3.63) is 76.5 Å². The average molecular weight is 335 g/mol. The molecule has 2 heterocycles. The first kappa shape index (κ1) is 16.4. The smallest absolute Gasteiger partial charge is 0.265 e. The van der Waals surface area contributed by atoms with E-state index in [0.29, 0.717) is 16.6 Å². The molecule has 0 aliphatic heterocycles. The van der Waals surface area contributed by atoms with Crippen LogP contribution in [-0.2, 0) is 7.05 Å². The Labute approximate surface area is 144 Å². The van der Waals surface area contributed by atoms with Crippen LogP contribution in [0.3, 0.4) is 0 Å². The topological polar surface area (TPSA) is 84.2 Å². The van der Waals surface area contributed by atoms with E-state index in [0.717, 1.165) is 5.69 Å². The van der Waals surface area contributed by atoms with Gasteiger partial charge in [0.25, 0.3) is 5.56 Å². The van der Waals surface area contributed by atoms with Crippen molar-refractivity contribution in [1.29, 1.82) is 0 Å². The van der Waals surface area contributed by atoms with Gasteiger partial charge in [-0.25, -0.2) is 0 Å². The molecule has 3 aromatic rings. The SMILES string of the molecule is CC(=CC(=O)c1c(O)c2ccccc2n(C)c1=O)Nc1cccnc1. The zero-order valence-electron chi connectivity index (χ0n) is 13.9. The lowest BCUT2D eigenvalue weighted by atomic mass is 10.1. The van der Waals surface area contributed by atoms with Crippen LogP contribution in [0.4, 0.5) is 5.69 Å². The van der Waals surface area contributed by atoms with Gasteiger partial charge in [0.05, 0.1) is 17.4 Å². The van der Waals surface area contributed by atoms with Gasteiger partial charge in [0.1, 0.15) is 11.3 Å². The van der Waals surface area contributed by atoms with Gasteiger partial charge >= 0.3 is 0 Å². The zero-order chi connectivity index (χ0) is 18.0. The quantitative estimate of drug-likeness (QED) is 0.566. The van der Waals surface area contributed by atoms with Crippen LogP contribution in [0.15, 0.2) is 65.4 Å². The van der Waals surface area contributed by atoms with Crippen molar-refractivity contribution in [2.24, 2.45) is 7.05 Å². The number of carbonyl (C=O) groups excluding carboxylic acids is 1. The molecule has 0 spiro atoms. The minimum absolute atomic E-state index is 0.242. The maximum absolute atomic E-state index is 12.6. The van der Waals surface area contributed by atoms with Crippen molar-refractivity contribution >= 4 is 22.4 Å². The Morgan fingerprint density at radius 3 is 2.72 bits per heavy atom. The van der Waals surface area contributed by atoms with E-state index in [1.807, 2.05) is 0 Å². The number of aromatic hydroxyl groups is 1. The van der Waals surface area contributed by atoms with Crippen LogP contribution in [0.1, 0.15) is 17.3 Å². The van der Waals surface area contributed by atoms with E-state index in [9.17, 15) is 14.7 Å². The number of nitrogens with zero attached hydrogens (tertiary/aromatic N) is 2. The second-order valence-electron chi connectivity index (χ2n) is 5.66. The number of pyridine rings is 2. The number of aromatic nitrogens is 2. The number of fused-ring (bicyclic) bond motifs is 1. The minimum atomic E-state index is -0.558. The molecule has 0 aliphatic rings. The highest BCUT2D eigenvalue weighted by molar-refractivity contribution is 6.09. The third kappa shape index (κ3) is 3.14. The van der Waals surface area contributed by atoms with Gasteiger partial charge in [-0.1, -0.05) is 12.1 Å². The van der Waals surface area contributed by atoms with E-state index in [4.69, 9.17) is 0 Å². The Morgan fingerprint density at radius 2 is 2.00 bits per heavy atom. The van der Waals surface area contributed by atoms with E-state index >= 15 is 0 Å². The van der Waals surface area contributed by atoms with Gasteiger partial charge in [-0.3, -0.25) is 14.6 Å². The molecule has 3 rings (SSSR count). The van der Waals surface area contributed by atoms with Crippen LogP contribution in [0.25, 0.3) is 10.9 Å². The van der Waals surface area contributed by atoms with Gasteiger partial charge in [-0.15, -0.1) is 0 Å². The number of anilines is 1. The minimum Gasteiger partial charge on any atom is -0.506 e. The fourth-order valence-electron chi connectivity index (χ4n) is 2.67. The van der Waals surface area contributed by atoms with Crippen LogP contribution in [-0.4, -0.2) is 20.4 Å². The maximum Gasteiger partial charge on any atom is 0.265 e. The summed E-state index contributed by atoms with van der Waals surface area (Å²) in [6.07, 6.45) is 4.55. The summed E-state index contributed by atoms with van der Waals surface area (Å²) in [7, 11) is 1.57. The van der Waals surface area contributed by atoms with Crippen LogP contribution in [0, 0.1) is 0 Å². The summed E-state index contributed by atoms with van der Waals surface area (Å²) in [6, 6.07) is 10.5. The zero-order valence-corrected chi connectivity index (χ0v) is 13.9. The Hall–Kier alpha value is -3.41. The van der Waals surface area contributed by atoms with Gasteiger partial charge < -0.3 is 15.0 Å². The first-order valence-corrected chi connectivity index (χ1v) is 7.69. The fraction of sp³-hybridized carbons (Fsp3) is 0.105. The number of allylic oxidation sites excluding steroid dienone is 2. The highest BCUT2D eigenvalue weighted by atomic mass is 16.3. The molecule has 1 aromatic carbocycles. The fourth-order valence-corrected chi connectivity index (χ4v) is 2.67. The van der Waals surface area contributed by atoms with Gasteiger partial charge in [-0.2, -0.15) is 0 Å². The molecule has 0 saturated heterocycles. The van der Waals surface area contributed by atoms with E-state index in [-0.39, 0.29) is 11.3 Å². The molecule has 25 heavy (non-hydrogen) atoms. The molecule has 0 saturated carbocycles. The molecule has 2 N–H and O–H groups in total. The molecule has 6 nitrogen and oxygen atoms in total. The number of carbonyl (C=O) groups is 1. The maximum atomic E-state index is 12.6. The van der Waals surface area contributed by atoms with Gasteiger partial charge in [-0.05, 0) is 31.2 Å². The number of rotatable bonds is 4. The number of hydrogen-bond donors (Lipinski definition) is 2.